The topological polar surface area (TPSA) is 58.8 Å². The first kappa shape index (κ1) is 23.2. The number of hydrogen-bond acceptors (Lipinski definition) is 4. The van der Waals surface area contributed by atoms with Crippen LogP contribution >= 0.6 is 0 Å². The Labute approximate surface area is 180 Å². The van der Waals surface area contributed by atoms with Crippen molar-refractivity contribution in [3.63, 3.8) is 0 Å². The smallest absolute Gasteiger partial charge is 0.223 e. The second kappa shape index (κ2) is 10.7. The lowest BCUT2D eigenvalue weighted by molar-refractivity contribution is -0.131. The average Bonchev–Trinajstić information content (AvgIpc) is 2.76. The normalized spacial score (nSPS) is 16.7. The standard InChI is InChI=1S/C23H28F3N3O2/c1-28(15-22(16-5-3-2-4-6-16)29-7-9-31-10-8-29)23(30)13-18(27)11-17-12-20(25)21(26)14-19(17)24/h2-6,12,14,18,22H,7-11,13,15,27H2,1H3/t18-,22-/m1/s1. The number of likely N-dealkylation sites (N-methyl/N-ethyl adjacent to an activating group) is 1. The van der Waals surface area contributed by atoms with Gasteiger partial charge in [-0.3, -0.25) is 9.69 Å². The molecule has 2 aromatic carbocycles. The van der Waals surface area contributed by atoms with Gasteiger partial charge < -0.3 is 15.4 Å². The van der Waals surface area contributed by atoms with Crippen molar-refractivity contribution >= 4 is 5.91 Å². The van der Waals surface area contributed by atoms with Crippen LogP contribution in [0.3, 0.4) is 0 Å². The fourth-order valence-corrected chi connectivity index (χ4v) is 3.81. The number of morpholine rings is 1. The van der Waals surface area contributed by atoms with Crippen LogP contribution in [0, 0.1) is 17.5 Å². The Morgan fingerprint density at radius 3 is 2.42 bits per heavy atom. The number of benzene rings is 2. The van der Waals surface area contributed by atoms with Crippen molar-refractivity contribution in [1.29, 1.82) is 0 Å². The van der Waals surface area contributed by atoms with Crippen LogP contribution in [0.2, 0.25) is 0 Å². The predicted molar refractivity (Wildman–Crippen MR) is 112 cm³/mol. The molecule has 2 atom stereocenters. The SMILES string of the molecule is CN(C[C@H](c1ccccc1)N1CCOCC1)C(=O)C[C@H](N)Cc1cc(F)c(F)cc1F. The molecule has 0 unspecified atom stereocenters. The molecule has 1 amide bonds. The molecular weight excluding hydrogens is 407 g/mol. The maximum atomic E-state index is 13.9. The van der Waals surface area contributed by atoms with E-state index in [9.17, 15) is 18.0 Å². The fraction of sp³-hybridized carbons (Fsp3) is 0.435. The number of amides is 1. The molecule has 5 nitrogen and oxygen atoms in total. The minimum atomic E-state index is -1.25. The van der Waals surface area contributed by atoms with Crippen LogP contribution in [0.4, 0.5) is 13.2 Å². The van der Waals surface area contributed by atoms with E-state index in [0.29, 0.717) is 25.8 Å². The van der Waals surface area contributed by atoms with Gasteiger partial charge >= 0.3 is 0 Å². The van der Waals surface area contributed by atoms with Crippen molar-refractivity contribution in [3.05, 3.63) is 71.0 Å². The van der Waals surface area contributed by atoms with Crippen LogP contribution < -0.4 is 5.73 Å². The van der Waals surface area contributed by atoms with Gasteiger partial charge in [-0.2, -0.15) is 0 Å². The summed E-state index contributed by atoms with van der Waals surface area (Å²) in [7, 11) is 1.71. The number of carbonyl (C=O) groups is 1. The van der Waals surface area contributed by atoms with Gasteiger partial charge in [0.05, 0.1) is 19.3 Å². The number of nitrogens with zero attached hydrogens (tertiary/aromatic N) is 2. The van der Waals surface area contributed by atoms with Crippen LogP contribution in [-0.4, -0.2) is 61.6 Å². The molecule has 1 aliphatic heterocycles. The summed E-state index contributed by atoms with van der Waals surface area (Å²) in [6.45, 7) is 3.31. The lowest BCUT2D eigenvalue weighted by atomic mass is 10.0. The molecule has 1 aliphatic rings. The first-order valence-electron chi connectivity index (χ1n) is 10.3. The van der Waals surface area contributed by atoms with Crippen LogP contribution in [-0.2, 0) is 16.0 Å². The van der Waals surface area contributed by atoms with Crippen molar-refractivity contribution in [2.45, 2.75) is 24.9 Å². The number of carbonyl (C=O) groups excluding carboxylic acids is 1. The average molecular weight is 435 g/mol. The minimum absolute atomic E-state index is 0.0129. The highest BCUT2D eigenvalue weighted by molar-refractivity contribution is 5.76. The van der Waals surface area contributed by atoms with Gasteiger partial charge in [0.2, 0.25) is 5.91 Å². The number of nitrogens with two attached hydrogens (primary N) is 1. The molecule has 0 aliphatic carbocycles. The fourth-order valence-electron chi connectivity index (χ4n) is 3.81. The molecule has 0 aromatic heterocycles. The van der Waals surface area contributed by atoms with Crippen molar-refractivity contribution in [2.75, 3.05) is 39.9 Å². The second-order valence-electron chi connectivity index (χ2n) is 7.88. The van der Waals surface area contributed by atoms with E-state index in [-0.39, 0.29) is 30.4 Å². The maximum absolute atomic E-state index is 13.9. The lowest BCUT2D eigenvalue weighted by Gasteiger charge is -2.37. The van der Waals surface area contributed by atoms with Crippen LogP contribution in [0.5, 0.6) is 0 Å². The summed E-state index contributed by atoms with van der Waals surface area (Å²) < 4.78 is 45.9. The summed E-state index contributed by atoms with van der Waals surface area (Å²) in [6.07, 6.45) is -0.0895. The second-order valence-corrected chi connectivity index (χ2v) is 7.88. The van der Waals surface area contributed by atoms with Gasteiger partial charge in [-0.05, 0) is 23.6 Å². The van der Waals surface area contributed by atoms with Crippen LogP contribution in [0.15, 0.2) is 42.5 Å². The predicted octanol–water partition coefficient (Wildman–Crippen LogP) is 2.90. The lowest BCUT2D eigenvalue weighted by Crippen LogP contribution is -2.45. The Hall–Kier alpha value is -2.42. The van der Waals surface area contributed by atoms with Crippen molar-refractivity contribution in [1.82, 2.24) is 9.80 Å². The highest BCUT2D eigenvalue weighted by Gasteiger charge is 2.26. The summed E-state index contributed by atoms with van der Waals surface area (Å²) in [5, 5.41) is 0. The van der Waals surface area contributed by atoms with Gasteiger partial charge in [-0.25, -0.2) is 13.2 Å². The summed E-state index contributed by atoms with van der Waals surface area (Å²) in [6, 6.07) is 10.6. The van der Waals surface area contributed by atoms with E-state index in [1.165, 1.54) is 0 Å². The van der Waals surface area contributed by atoms with Gasteiger partial charge in [0.15, 0.2) is 11.6 Å². The van der Waals surface area contributed by atoms with Crippen molar-refractivity contribution < 1.29 is 22.7 Å². The van der Waals surface area contributed by atoms with E-state index < -0.39 is 23.5 Å². The first-order chi connectivity index (χ1) is 14.8. The molecular formula is C23H28F3N3O2. The molecule has 2 aromatic rings. The third kappa shape index (κ3) is 6.29. The summed E-state index contributed by atoms with van der Waals surface area (Å²) in [5.74, 6) is -3.44. The molecule has 0 spiro atoms. The summed E-state index contributed by atoms with van der Waals surface area (Å²) >= 11 is 0. The molecule has 2 N–H and O–H groups in total. The van der Waals surface area contributed by atoms with Gasteiger partial charge in [-0.1, -0.05) is 30.3 Å². The number of hydrogen-bond donors (Lipinski definition) is 1. The molecule has 0 bridgehead atoms. The third-order valence-corrected chi connectivity index (χ3v) is 5.55. The van der Waals surface area contributed by atoms with Gasteiger partial charge in [0, 0.05) is 45.2 Å². The van der Waals surface area contributed by atoms with Crippen LogP contribution in [0.25, 0.3) is 0 Å². The highest BCUT2D eigenvalue weighted by Crippen LogP contribution is 2.23. The maximum Gasteiger partial charge on any atom is 0.223 e. The molecule has 8 heteroatoms. The molecule has 0 radical (unpaired) electrons. The van der Waals surface area contributed by atoms with E-state index in [2.05, 4.69) is 4.90 Å². The third-order valence-electron chi connectivity index (χ3n) is 5.55. The number of rotatable bonds is 8. The molecule has 0 saturated carbocycles. The Kier molecular flexibility index (Phi) is 8.06. The van der Waals surface area contributed by atoms with E-state index in [1.54, 1.807) is 11.9 Å². The van der Waals surface area contributed by atoms with E-state index in [4.69, 9.17) is 10.5 Å². The monoisotopic (exact) mass is 435 g/mol. The molecule has 1 fully saturated rings. The highest BCUT2D eigenvalue weighted by atomic mass is 19.2. The quantitative estimate of drug-likeness (QED) is 0.648. The minimum Gasteiger partial charge on any atom is -0.379 e. The zero-order valence-corrected chi connectivity index (χ0v) is 17.6. The molecule has 31 heavy (non-hydrogen) atoms. The zero-order valence-electron chi connectivity index (χ0n) is 17.6. The molecule has 1 saturated heterocycles. The summed E-state index contributed by atoms with van der Waals surface area (Å²) in [4.78, 5) is 16.7. The largest absolute Gasteiger partial charge is 0.379 e. The first-order valence-corrected chi connectivity index (χ1v) is 10.3. The molecule has 3 rings (SSSR count). The summed E-state index contributed by atoms with van der Waals surface area (Å²) in [5.41, 5.74) is 7.09. The Morgan fingerprint density at radius 1 is 1.10 bits per heavy atom. The van der Waals surface area contributed by atoms with Crippen molar-refractivity contribution in [2.24, 2.45) is 5.73 Å². The zero-order chi connectivity index (χ0) is 22.4. The van der Waals surface area contributed by atoms with E-state index in [0.717, 1.165) is 24.7 Å². The Balaban J connectivity index is 1.63. The van der Waals surface area contributed by atoms with Gasteiger partial charge in [0.25, 0.3) is 0 Å². The Bertz CT molecular complexity index is 876. The van der Waals surface area contributed by atoms with E-state index >= 15 is 0 Å². The molecule has 168 valence electrons. The van der Waals surface area contributed by atoms with Crippen molar-refractivity contribution in [3.8, 4) is 0 Å². The number of ether oxygens (including phenoxy) is 1. The van der Waals surface area contributed by atoms with Gasteiger partial charge in [0.1, 0.15) is 5.82 Å². The van der Waals surface area contributed by atoms with Crippen LogP contribution in [0.1, 0.15) is 23.6 Å². The molecule has 1 heterocycles. The Morgan fingerprint density at radius 2 is 1.74 bits per heavy atom. The number of halogens is 3. The van der Waals surface area contributed by atoms with Gasteiger partial charge in [-0.15, -0.1) is 0 Å². The van der Waals surface area contributed by atoms with E-state index in [1.807, 2.05) is 30.3 Å².